The second kappa shape index (κ2) is 6.91. The van der Waals surface area contributed by atoms with Crippen molar-refractivity contribution in [3.63, 3.8) is 0 Å². The Morgan fingerprint density at radius 1 is 1.47 bits per heavy atom. The number of ether oxygens (including phenoxy) is 1. The van der Waals surface area contributed by atoms with Gasteiger partial charge >= 0.3 is 0 Å². The van der Waals surface area contributed by atoms with Crippen molar-refractivity contribution in [1.82, 2.24) is 0 Å². The number of non-ortho nitro benzene ring substituents is 1. The van der Waals surface area contributed by atoms with E-state index in [0.29, 0.717) is 5.69 Å². The van der Waals surface area contributed by atoms with Gasteiger partial charge in [-0.2, -0.15) is 0 Å². The zero-order valence-electron chi connectivity index (χ0n) is 10.5. The smallest absolute Gasteiger partial charge is 0.272 e. The lowest BCUT2D eigenvalue weighted by Gasteiger charge is -2.24. The molecule has 1 N–H and O–H groups in total. The molecule has 0 radical (unpaired) electrons. The van der Waals surface area contributed by atoms with Crippen LogP contribution in [0.2, 0.25) is 10.0 Å². The summed E-state index contributed by atoms with van der Waals surface area (Å²) in [4.78, 5) is 11.7. The highest BCUT2D eigenvalue weighted by Gasteiger charge is 2.19. The Labute approximate surface area is 120 Å². The number of rotatable bonds is 6. The van der Waals surface area contributed by atoms with E-state index in [1.807, 2.05) is 0 Å². The lowest BCUT2D eigenvalue weighted by atomic mass is 10.2. The van der Waals surface area contributed by atoms with Crippen LogP contribution in [0.1, 0.15) is 0 Å². The molecule has 6 nitrogen and oxygen atoms in total. The Morgan fingerprint density at radius 3 is 2.42 bits per heavy atom. The summed E-state index contributed by atoms with van der Waals surface area (Å²) in [6.07, 6.45) is -0.711. The van der Waals surface area contributed by atoms with Crippen molar-refractivity contribution in [2.45, 2.75) is 6.10 Å². The summed E-state index contributed by atoms with van der Waals surface area (Å²) in [5, 5.41) is 20.6. The van der Waals surface area contributed by atoms with Crippen LogP contribution >= 0.6 is 23.2 Å². The molecule has 0 aliphatic rings. The second-order valence-electron chi connectivity index (χ2n) is 4.00. The van der Waals surface area contributed by atoms with Crippen LogP contribution < -0.4 is 4.90 Å². The number of nitro groups is 1. The SMILES string of the molecule is COCC(O)CN(C)c1c(Cl)cc([N+](=O)[O-])cc1Cl. The molecule has 8 heteroatoms. The number of methoxy groups -OCH3 is 1. The van der Waals surface area contributed by atoms with Crippen LogP contribution in [0.25, 0.3) is 0 Å². The molecule has 0 heterocycles. The molecule has 0 saturated heterocycles. The van der Waals surface area contributed by atoms with E-state index in [0.717, 1.165) is 0 Å². The van der Waals surface area contributed by atoms with Crippen LogP contribution in [-0.4, -0.2) is 43.4 Å². The molecule has 0 amide bonds. The Morgan fingerprint density at radius 2 is 2.00 bits per heavy atom. The molecule has 1 atom stereocenters. The second-order valence-corrected chi connectivity index (χ2v) is 4.82. The fraction of sp³-hybridized carbons (Fsp3) is 0.455. The summed E-state index contributed by atoms with van der Waals surface area (Å²) in [5.41, 5.74) is 0.258. The van der Waals surface area contributed by atoms with Crippen molar-refractivity contribution < 1.29 is 14.8 Å². The van der Waals surface area contributed by atoms with E-state index < -0.39 is 11.0 Å². The highest BCUT2D eigenvalue weighted by molar-refractivity contribution is 6.39. The first-order chi connectivity index (χ1) is 8.86. The number of hydrogen-bond acceptors (Lipinski definition) is 5. The van der Waals surface area contributed by atoms with Crippen LogP contribution in [0.3, 0.4) is 0 Å². The average molecular weight is 309 g/mol. The first-order valence-corrected chi connectivity index (χ1v) is 6.14. The molecule has 0 bridgehead atoms. The largest absolute Gasteiger partial charge is 0.389 e. The van der Waals surface area contributed by atoms with Crippen LogP contribution in [-0.2, 0) is 4.74 Å². The number of nitrogens with zero attached hydrogens (tertiary/aromatic N) is 2. The molecular weight excluding hydrogens is 295 g/mol. The summed E-state index contributed by atoms with van der Waals surface area (Å²) in [6.45, 7) is 0.414. The third kappa shape index (κ3) is 4.21. The van der Waals surface area contributed by atoms with Crippen molar-refractivity contribution in [3.05, 3.63) is 32.3 Å². The minimum absolute atomic E-state index is 0.159. The summed E-state index contributed by atoms with van der Waals surface area (Å²) in [6, 6.07) is 2.45. The van der Waals surface area contributed by atoms with Crippen LogP contribution in [0, 0.1) is 10.1 Å². The van der Waals surface area contributed by atoms with Gasteiger partial charge in [0.05, 0.1) is 33.4 Å². The third-order valence-corrected chi connectivity index (χ3v) is 3.01. The molecule has 0 spiro atoms. The van der Waals surface area contributed by atoms with Gasteiger partial charge in [0.2, 0.25) is 0 Å². The van der Waals surface area contributed by atoms with Crippen molar-refractivity contribution in [2.75, 3.05) is 32.2 Å². The van der Waals surface area contributed by atoms with Gasteiger partial charge in [-0.25, -0.2) is 0 Å². The monoisotopic (exact) mass is 308 g/mol. The van der Waals surface area contributed by atoms with Gasteiger partial charge in [-0.15, -0.1) is 0 Å². The highest BCUT2D eigenvalue weighted by atomic mass is 35.5. The van der Waals surface area contributed by atoms with Gasteiger partial charge in [0, 0.05) is 32.8 Å². The predicted octanol–water partition coefficient (Wildman–Crippen LogP) is 2.35. The molecule has 106 valence electrons. The topological polar surface area (TPSA) is 75.8 Å². The van der Waals surface area contributed by atoms with Gasteiger partial charge in [-0.1, -0.05) is 23.2 Å². The molecular formula is C11H14Cl2N2O4. The van der Waals surface area contributed by atoms with Crippen molar-refractivity contribution in [1.29, 1.82) is 0 Å². The van der Waals surface area contributed by atoms with Gasteiger partial charge in [-0.05, 0) is 0 Å². The molecule has 0 aliphatic heterocycles. The standard InChI is InChI=1S/C11H14Cl2N2O4/c1-14(5-8(16)6-19-2)11-9(12)3-7(15(17)18)4-10(11)13/h3-4,8,16H,5-6H2,1-2H3. The number of anilines is 1. The summed E-state index contributed by atoms with van der Waals surface area (Å²) >= 11 is 12.0. The predicted molar refractivity (Wildman–Crippen MR) is 74.3 cm³/mol. The molecule has 1 rings (SSSR count). The normalized spacial score (nSPS) is 12.3. The molecule has 0 fully saturated rings. The fourth-order valence-electron chi connectivity index (χ4n) is 1.67. The Bertz CT molecular complexity index is 447. The van der Waals surface area contributed by atoms with Crippen molar-refractivity contribution in [2.24, 2.45) is 0 Å². The van der Waals surface area contributed by atoms with Gasteiger partial charge in [0.1, 0.15) is 0 Å². The number of benzene rings is 1. The Balaban J connectivity index is 2.97. The number of nitro benzene ring substituents is 1. The van der Waals surface area contributed by atoms with E-state index in [1.54, 1.807) is 11.9 Å². The third-order valence-electron chi connectivity index (χ3n) is 2.44. The summed E-state index contributed by atoms with van der Waals surface area (Å²) in [7, 11) is 3.16. The van der Waals surface area contributed by atoms with E-state index in [1.165, 1.54) is 19.2 Å². The number of aliphatic hydroxyl groups excluding tert-OH is 1. The zero-order valence-corrected chi connectivity index (χ0v) is 12.0. The molecule has 1 aromatic carbocycles. The summed E-state index contributed by atoms with van der Waals surface area (Å²) in [5.74, 6) is 0. The molecule has 19 heavy (non-hydrogen) atoms. The van der Waals surface area contributed by atoms with Crippen LogP contribution in [0.5, 0.6) is 0 Å². The maximum atomic E-state index is 10.7. The molecule has 1 aromatic rings. The maximum Gasteiger partial charge on any atom is 0.272 e. The quantitative estimate of drug-likeness (QED) is 0.645. The lowest BCUT2D eigenvalue weighted by Crippen LogP contribution is -2.32. The summed E-state index contributed by atoms with van der Waals surface area (Å²) < 4.78 is 4.82. The minimum Gasteiger partial charge on any atom is -0.389 e. The molecule has 0 aromatic heterocycles. The number of likely N-dealkylation sites (N-methyl/N-ethyl adjacent to an activating group) is 1. The van der Waals surface area contributed by atoms with E-state index >= 15 is 0 Å². The van der Waals surface area contributed by atoms with Gasteiger partial charge in [-0.3, -0.25) is 10.1 Å². The highest BCUT2D eigenvalue weighted by Crippen LogP contribution is 2.36. The van der Waals surface area contributed by atoms with E-state index in [2.05, 4.69) is 0 Å². The fourth-order valence-corrected chi connectivity index (χ4v) is 2.44. The minimum atomic E-state index is -0.711. The number of halogens is 2. The zero-order chi connectivity index (χ0) is 14.6. The average Bonchev–Trinajstić information content (AvgIpc) is 2.27. The Kier molecular flexibility index (Phi) is 5.81. The number of hydrogen-bond donors (Lipinski definition) is 1. The first kappa shape index (κ1) is 16.0. The maximum absolute atomic E-state index is 10.7. The van der Waals surface area contributed by atoms with Gasteiger partial charge in [0.25, 0.3) is 5.69 Å². The van der Waals surface area contributed by atoms with E-state index in [-0.39, 0.29) is 28.9 Å². The van der Waals surface area contributed by atoms with Crippen molar-refractivity contribution in [3.8, 4) is 0 Å². The van der Waals surface area contributed by atoms with Crippen molar-refractivity contribution >= 4 is 34.6 Å². The van der Waals surface area contributed by atoms with E-state index in [9.17, 15) is 15.2 Å². The molecule has 0 aliphatic carbocycles. The number of aliphatic hydroxyl groups is 1. The lowest BCUT2D eigenvalue weighted by molar-refractivity contribution is -0.384. The Hall–Kier alpha value is -1.08. The van der Waals surface area contributed by atoms with Gasteiger partial charge < -0.3 is 14.7 Å². The molecule has 1 unspecified atom stereocenters. The van der Waals surface area contributed by atoms with Crippen LogP contribution in [0.15, 0.2) is 12.1 Å². The first-order valence-electron chi connectivity index (χ1n) is 5.38. The van der Waals surface area contributed by atoms with Crippen LogP contribution in [0.4, 0.5) is 11.4 Å². The van der Waals surface area contributed by atoms with Gasteiger partial charge in [0.15, 0.2) is 0 Å². The molecule has 0 saturated carbocycles. The van der Waals surface area contributed by atoms with E-state index in [4.69, 9.17) is 27.9 Å².